The number of hydrogen-bond acceptors (Lipinski definition) is 4. The maximum Gasteiger partial charge on any atom is 0.289 e. The second-order valence-electron chi connectivity index (χ2n) is 4.64. The zero-order valence-corrected chi connectivity index (χ0v) is 15.2. The lowest BCUT2D eigenvalue weighted by Gasteiger charge is -2.05. The standard InChI is InChI=1S/C15H12Cl2N2O2S2/c1-21-8-7-19-13-9(16)3-2-4-10(13)23-15(19)18-14(20)11-5-6-12(17)22-11/h2-6H,7-8H2,1H3. The number of thiazole rings is 1. The van der Waals surface area contributed by atoms with Gasteiger partial charge in [0.05, 0.1) is 31.1 Å². The number of rotatable bonds is 4. The first-order valence-electron chi connectivity index (χ1n) is 6.71. The summed E-state index contributed by atoms with van der Waals surface area (Å²) in [6.45, 7) is 1.07. The molecular formula is C15H12Cl2N2O2S2. The number of thiophene rings is 1. The fourth-order valence-corrected chi connectivity index (χ4v) is 4.47. The van der Waals surface area contributed by atoms with Crippen LogP contribution < -0.4 is 4.80 Å². The summed E-state index contributed by atoms with van der Waals surface area (Å²) in [5, 5.41) is 0.628. The normalized spacial score (nSPS) is 12.2. The monoisotopic (exact) mass is 386 g/mol. The highest BCUT2D eigenvalue weighted by atomic mass is 35.5. The molecule has 0 aliphatic heterocycles. The van der Waals surface area contributed by atoms with Crippen LogP contribution in [-0.2, 0) is 11.3 Å². The molecule has 2 aromatic heterocycles. The molecule has 0 unspecified atom stereocenters. The molecule has 1 amide bonds. The Hall–Kier alpha value is -1.18. The highest BCUT2D eigenvalue weighted by Gasteiger charge is 2.12. The van der Waals surface area contributed by atoms with Gasteiger partial charge in [0.15, 0.2) is 4.80 Å². The first-order chi connectivity index (χ1) is 11.1. The van der Waals surface area contributed by atoms with Crippen LogP contribution in [0.1, 0.15) is 9.67 Å². The molecule has 8 heteroatoms. The van der Waals surface area contributed by atoms with Crippen LogP contribution in [-0.4, -0.2) is 24.2 Å². The number of hydrogen-bond donors (Lipinski definition) is 0. The Bertz CT molecular complexity index is 927. The molecule has 1 aromatic carbocycles. The molecule has 0 bridgehead atoms. The fraction of sp³-hybridized carbons (Fsp3) is 0.200. The van der Waals surface area contributed by atoms with Gasteiger partial charge in [-0.05, 0) is 24.3 Å². The number of halogens is 2. The van der Waals surface area contributed by atoms with Crippen molar-refractivity contribution in [3.8, 4) is 0 Å². The quantitative estimate of drug-likeness (QED) is 0.664. The van der Waals surface area contributed by atoms with Crippen LogP contribution in [0.15, 0.2) is 35.3 Å². The van der Waals surface area contributed by atoms with E-state index in [-0.39, 0.29) is 5.91 Å². The Kier molecular flexibility index (Phi) is 5.18. The molecule has 0 atom stereocenters. The molecule has 0 aliphatic rings. The Balaban J connectivity index is 2.14. The molecule has 0 saturated heterocycles. The van der Waals surface area contributed by atoms with Gasteiger partial charge in [0.1, 0.15) is 0 Å². The molecule has 0 radical (unpaired) electrons. The molecule has 0 saturated carbocycles. The smallest absolute Gasteiger partial charge is 0.289 e. The maximum atomic E-state index is 12.3. The first-order valence-corrected chi connectivity index (χ1v) is 9.10. The van der Waals surface area contributed by atoms with Crippen molar-refractivity contribution in [1.82, 2.24) is 4.57 Å². The van der Waals surface area contributed by atoms with Crippen LogP contribution in [0.4, 0.5) is 0 Å². The van der Waals surface area contributed by atoms with Gasteiger partial charge in [-0.2, -0.15) is 4.99 Å². The van der Waals surface area contributed by atoms with Gasteiger partial charge >= 0.3 is 0 Å². The van der Waals surface area contributed by atoms with Crippen LogP contribution in [0.2, 0.25) is 9.36 Å². The predicted molar refractivity (Wildman–Crippen MR) is 95.9 cm³/mol. The van der Waals surface area contributed by atoms with Gasteiger partial charge in [-0.3, -0.25) is 4.79 Å². The highest BCUT2D eigenvalue weighted by molar-refractivity contribution is 7.18. The Morgan fingerprint density at radius 1 is 1.26 bits per heavy atom. The summed E-state index contributed by atoms with van der Waals surface area (Å²) >= 11 is 14.8. The van der Waals surface area contributed by atoms with E-state index in [9.17, 15) is 4.79 Å². The molecule has 0 N–H and O–H groups in total. The number of aromatic nitrogens is 1. The van der Waals surface area contributed by atoms with Gasteiger partial charge in [-0.1, -0.05) is 40.6 Å². The molecule has 2 heterocycles. The summed E-state index contributed by atoms with van der Waals surface area (Å²) in [5.74, 6) is -0.309. The summed E-state index contributed by atoms with van der Waals surface area (Å²) in [4.78, 5) is 17.7. The van der Waals surface area contributed by atoms with Crippen LogP contribution in [0.25, 0.3) is 10.2 Å². The van der Waals surface area contributed by atoms with E-state index in [0.29, 0.717) is 32.2 Å². The van der Waals surface area contributed by atoms with E-state index >= 15 is 0 Å². The van der Waals surface area contributed by atoms with E-state index in [0.717, 1.165) is 10.2 Å². The molecule has 3 rings (SSSR count). The lowest BCUT2D eigenvalue weighted by atomic mass is 10.3. The van der Waals surface area contributed by atoms with Crippen molar-refractivity contribution < 1.29 is 9.53 Å². The minimum atomic E-state index is -0.309. The minimum absolute atomic E-state index is 0.309. The van der Waals surface area contributed by atoms with Crippen LogP contribution >= 0.6 is 45.9 Å². The topological polar surface area (TPSA) is 43.6 Å². The van der Waals surface area contributed by atoms with Crippen LogP contribution in [0.3, 0.4) is 0 Å². The first kappa shape index (κ1) is 16.7. The summed E-state index contributed by atoms with van der Waals surface area (Å²) in [5.41, 5.74) is 0.868. The number of ether oxygens (including phenoxy) is 1. The fourth-order valence-electron chi connectivity index (χ4n) is 2.13. The Morgan fingerprint density at radius 3 is 2.78 bits per heavy atom. The molecule has 23 heavy (non-hydrogen) atoms. The summed E-state index contributed by atoms with van der Waals surface area (Å²) in [6, 6.07) is 9.03. The van der Waals surface area contributed by atoms with Crippen molar-refractivity contribution in [2.75, 3.05) is 13.7 Å². The SMILES string of the molecule is COCCn1c(=NC(=O)c2ccc(Cl)s2)sc2cccc(Cl)c21. The van der Waals surface area contributed by atoms with E-state index in [1.165, 1.54) is 22.7 Å². The molecule has 3 aromatic rings. The zero-order chi connectivity index (χ0) is 16.4. The van der Waals surface area contributed by atoms with Gasteiger partial charge in [0.25, 0.3) is 5.91 Å². The number of benzene rings is 1. The number of carbonyl (C=O) groups is 1. The largest absolute Gasteiger partial charge is 0.383 e. The second kappa shape index (κ2) is 7.15. The molecule has 120 valence electrons. The molecular weight excluding hydrogens is 375 g/mol. The molecule has 0 fully saturated rings. The summed E-state index contributed by atoms with van der Waals surface area (Å²) in [6.07, 6.45) is 0. The second-order valence-corrected chi connectivity index (χ2v) is 7.77. The third-order valence-corrected chi connectivity index (χ3v) is 5.72. The van der Waals surface area contributed by atoms with E-state index in [1.54, 1.807) is 19.2 Å². The minimum Gasteiger partial charge on any atom is -0.383 e. The third-order valence-electron chi connectivity index (χ3n) is 3.15. The number of nitrogens with zero attached hydrogens (tertiary/aromatic N) is 2. The highest BCUT2D eigenvalue weighted by Crippen LogP contribution is 2.26. The summed E-state index contributed by atoms with van der Waals surface area (Å²) < 4.78 is 8.61. The van der Waals surface area contributed by atoms with Crippen LogP contribution in [0, 0.1) is 0 Å². The van der Waals surface area contributed by atoms with Crippen molar-refractivity contribution in [2.45, 2.75) is 6.54 Å². The molecule has 4 nitrogen and oxygen atoms in total. The van der Waals surface area contributed by atoms with E-state index in [2.05, 4.69) is 4.99 Å². The summed E-state index contributed by atoms with van der Waals surface area (Å²) in [7, 11) is 1.63. The van der Waals surface area contributed by atoms with Crippen molar-refractivity contribution in [3.05, 3.63) is 49.4 Å². The van der Waals surface area contributed by atoms with E-state index < -0.39 is 0 Å². The van der Waals surface area contributed by atoms with Gasteiger partial charge in [0, 0.05) is 13.7 Å². The van der Waals surface area contributed by atoms with Crippen molar-refractivity contribution in [1.29, 1.82) is 0 Å². The van der Waals surface area contributed by atoms with Gasteiger partial charge in [0.2, 0.25) is 0 Å². The number of para-hydroxylation sites is 1. The van der Waals surface area contributed by atoms with E-state index in [1.807, 2.05) is 22.8 Å². The zero-order valence-electron chi connectivity index (χ0n) is 12.1. The molecule has 0 spiro atoms. The molecule has 0 aliphatic carbocycles. The van der Waals surface area contributed by atoms with Gasteiger partial charge in [-0.25, -0.2) is 0 Å². The lowest BCUT2D eigenvalue weighted by Crippen LogP contribution is -2.19. The van der Waals surface area contributed by atoms with Crippen molar-refractivity contribution in [2.24, 2.45) is 4.99 Å². The Morgan fingerprint density at radius 2 is 2.09 bits per heavy atom. The number of carbonyl (C=O) groups excluding carboxylic acids is 1. The van der Waals surface area contributed by atoms with Crippen molar-refractivity contribution in [3.63, 3.8) is 0 Å². The Labute approximate surface area is 150 Å². The third kappa shape index (κ3) is 3.51. The average Bonchev–Trinajstić information content (AvgIpc) is 3.10. The van der Waals surface area contributed by atoms with Crippen LogP contribution in [0.5, 0.6) is 0 Å². The number of fused-ring (bicyclic) bond motifs is 1. The maximum absolute atomic E-state index is 12.3. The van der Waals surface area contributed by atoms with E-state index in [4.69, 9.17) is 27.9 Å². The van der Waals surface area contributed by atoms with Gasteiger partial charge < -0.3 is 9.30 Å². The number of amides is 1. The van der Waals surface area contributed by atoms with Gasteiger partial charge in [-0.15, -0.1) is 11.3 Å². The van der Waals surface area contributed by atoms with Crippen molar-refractivity contribution >= 4 is 62.0 Å². The lowest BCUT2D eigenvalue weighted by molar-refractivity contribution is 0.100. The average molecular weight is 387 g/mol. The predicted octanol–water partition coefficient (Wildman–Crippen LogP) is 4.46. The number of methoxy groups -OCH3 is 1.